The monoisotopic (exact) mass is 277 g/mol. The Morgan fingerprint density at radius 2 is 2.05 bits per heavy atom. The van der Waals surface area contributed by atoms with E-state index in [1.807, 2.05) is 27.8 Å². The van der Waals surface area contributed by atoms with E-state index in [0.29, 0.717) is 6.47 Å². The number of hydrogen-bond donors (Lipinski definition) is 1. The van der Waals surface area contributed by atoms with Gasteiger partial charge in [-0.1, -0.05) is 30.7 Å². The summed E-state index contributed by atoms with van der Waals surface area (Å²) in [5.74, 6) is 0.858. The van der Waals surface area contributed by atoms with Crippen molar-refractivity contribution in [3.05, 3.63) is 35.4 Å². The second-order valence-corrected chi connectivity index (χ2v) is 6.23. The maximum Gasteiger partial charge on any atom is 0.293 e. The lowest BCUT2D eigenvalue weighted by molar-refractivity contribution is -0.138. The van der Waals surface area contributed by atoms with Crippen LogP contribution in [0.1, 0.15) is 57.1 Å². The van der Waals surface area contributed by atoms with Gasteiger partial charge in [0.15, 0.2) is 0 Å². The van der Waals surface area contributed by atoms with E-state index >= 15 is 0 Å². The molecule has 0 saturated heterocycles. The van der Waals surface area contributed by atoms with Crippen molar-refractivity contribution in [2.75, 3.05) is 7.05 Å². The summed E-state index contributed by atoms with van der Waals surface area (Å²) in [5.41, 5.74) is 2.63. The summed E-state index contributed by atoms with van der Waals surface area (Å²) in [7, 11) is 2.00. The normalized spacial score (nSPS) is 14.8. The third-order valence-corrected chi connectivity index (χ3v) is 3.31. The Hall–Kier alpha value is -1.35. The van der Waals surface area contributed by atoms with Gasteiger partial charge in [-0.15, -0.1) is 0 Å². The first-order valence-electron chi connectivity index (χ1n) is 7.31. The Bertz CT molecular complexity index is 406. The fraction of sp³-hybridized carbons (Fsp3) is 0.588. The Morgan fingerprint density at radius 3 is 2.45 bits per heavy atom. The Morgan fingerprint density at radius 1 is 1.35 bits per heavy atom. The van der Waals surface area contributed by atoms with Crippen LogP contribution in [-0.2, 0) is 16.1 Å². The SMILES string of the molecule is CC(C)(C)OC=O.CNCc1cccc(C2CCC2)c1. The molecule has 1 saturated carbocycles. The fourth-order valence-corrected chi connectivity index (χ4v) is 2.05. The van der Waals surface area contributed by atoms with E-state index in [0.717, 1.165) is 12.5 Å². The molecule has 1 aliphatic rings. The number of rotatable bonds is 4. The first kappa shape index (κ1) is 16.7. The standard InChI is InChI=1S/C12H17N.C5H10O2/c1-13-9-10-4-2-7-12(8-10)11-5-3-6-11;1-5(2,3)7-4-6/h2,4,7-8,11,13H,3,5-6,9H2,1H3;4H,1-3H3. The van der Waals surface area contributed by atoms with Crippen LogP contribution in [0, 0.1) is 0 Å². The quantitative estimate of drug-likeness (QED) is 0.854. The summed E-state index contributed by atoms with van der Waals surface area (Å²) in [5, 5.41) is 3.19. The maximum absolute atomic E-state index is 9.60. The molecule has 2 rings (SSSR count). The van der Waals surface area contributed by atoms with Gasteiger partial charge in [0.25, 0.3) is 6.47 Å². The first-order valence-corrected chi connectivity index (χ1v) is 7.31. The van der Waals surface area contributed by atoms with Crippen LogP contribution in [0.4, 0.5) is 0 Å². The number of ether oxygens (including phenoxy) is 1. The van der Waals surface area contributed by atoms with Crippen LogP contribution in [0.25, 0.3) is 0 Å². The zero-order valence-corrected chi connectivity index (χ0v) is 13.1. The zero-order valence-electron chi connectivity index (χ0n) is 13.1. The molecule has 3 heteroatoms. The zero-order chi connectivity index (χ0) is 15.0. The minimum atomic E-state index is -0.318. The van der Waals surface area contributed by atoms with E-state index in [4.69, 9.17) is 0 Å². The molecule has 1 aromatic rings. The minimum absolute atomic E-state index is 0.318. The lowest BCUT2D eigenvalue weighted by atomic mass is 9.80. The summed E-state index contributed by atoms with van der Waals surface area (Å²) in [6.07, 6.45) is 4.20. The Balaban J connectivity index is 0.000000246. The lowest BCUT2D eigenvalue weighted by Gasteiger charge is -2.26. The van der Waals surface area contributed by atoms with Crippen molar-refractivity contribution in [1.82, 2.24) is 5.32 Å². The van der Waals surface area contributed by atoms with Crippen LogP contribution in [0.2, 0.25) is 0 Å². The summed E-state index contributed by atoms with van der Waals surface area (Å²) < 4.78 is 4.55. The van der Waals surface area contributed by atoms with Gasteiger partial charge >= 0.3 is 0 Å². The third-order valence-electron chi connectivity index (χ3n) is 3.31. The molecular weight excluding hydrogens is 250 g/mol. The van der Waals surface area contributed by atoms with Crippen LogP contribution in [0.5, 0.6) is 0 Å². The number of benzene rings is 1. The topological polar surface area (TPSA) is 38.3 Å². The molecule has 0 aromatic heterocycles. The number of carbonyl (C=O) groups is 1. The molecule has 1 N–H and O–H groups in total. The van der Waals surface area contributed by atoms with E-state index < -0.39 is 0 Å². The summed E-state index contributed by atoms with van der Waals surface area (Å²) in [6.45, 7) is 6.91. The van der Waals surface area contributed by atoms with Gasteiger partial charge < -0.3 is 10.1 Å². The van der Waals surface area contributed by atoms with Crippen LogP contribution in [-0.4, -0.2) is 19.1 Å². The van der Waals surface area contributed by atoms with Crippen molar-refractivity contribution in [3.8, 4) is 0 Å². The van der Waals surface area contributed by atoms with Crippen molar-refractivity contribution in [2.45, 2.75) is 58.1 Å². The summed E-state index contributed by atoms with van der Waals surface area (Å²) in [6, 6.07) is 8.99. The molecule has 0 aliphatic heterocycles. The lowest BCUT2D eigenvalue weighted by Crippen LogP contribution is -2.17. The van der Waals surface area contributed by atoms with Gasteiger partial charge in [-0.05, 0) is 57.7 Å². The van der Waals surface area contributed by atoms with Gasteiger partial charge in [0.05, 0.1) is 0 Å². The number of hydrogen-bond acceptors (Lipinski definition) is 3. The minimum Gasteiger partial charge on any atom is -0.462 e. The van der Waals surface area contributed by atoms with E-state index in [1.54, 1.807) is 5.56 Å². The highest BCUT2D eigenvalue weighted by molar-refractivity contribution is 5.37. The molecule has 0 unspecified atom stereocenters. The molecule has 0 spiro atoms. The molecule has 1 aromatic carbocycles. The Labute approximate surface area is 122 Å². The highest BCUT2D eigenvalue weighted by Gasteiger charge is 2.19. The van der Waals surface area contributed by atoms with Crippen molar-refractivity contribution in [3.63, 3.8) is 0 Å². The molecular formula is C17H27NO2. The predicted octanol–water partition coefficient (Wildman–Crippen LogP) is 3.63. The van der Waals surface area contributed by atoms with Crippen molar-refractivity contribution >= 4 is 6.47 Å². The largest absolute Gasteiger partial charge is 0.462 e. The van der Waals surface area contributed by atoms with E-state index in [9.17, 15) is 4.79 Å². The van der Waals surface area contributed by atoms with Gasteiger partial charge in [0, 0.05) is 6.54 Å². The van der Waals surface area contributed by atoms with Crippen molar-refractivity contribution in [2.24, 2.45) is 0 Å². The molecule has 112 valence electrons. The average Bonchev–Trinajstić information content (AvgIpc) is 2.26. The van der Waals surface area contributed by atoms with Crippen LogP contribution in [0.15, 0.2) is 24.3 Å². The fourth-order valence-electron chi connectivity index (χ4n) is 2.05. The number of carbonyl (C=O) groups excluding carboxylic acids is 1. The molecule has 0 radical (unpaired) electrons. The summed E-state index contributed by atoms with van der Waals surface area (Å²) in [4.78, 5) is 9.60. The first-order chi connectivity index (χ1) is 9.46. The molecule has 3 nitrogen and oxygen atoms in total. The van der Waals surface area contributed by atoms with Crippen molar-refractivity contribution < 1.29 is 9.53 Å². The van der Waals surface area contributed by atoms with Crippen LogP contribution < -0.4 is 5.32 Å². The van der Waals surface area contributed by atoms with Gasteiger partial charge in [0.1, 0.15) is 5.60 Å². The van der Waals surface area contributed by atoms with Gasteiger partial charge in [-0.3, -0.25) is 4.79 Å². The molecule has 1 fully saturated rings. The smallest absolute Gasteiger partial charge is 0.293 e. The molecule has 0 bridgehead atoms. The van der Waals surface area contributed by atoms with Crippen LogP contribution in [0.3, 0.4) is 0 Å². The van der Waals surface area contributed by atoms with Gasteiger partial charge in [-0.25, -0.2) is 0 Å². The third kappa shape index (κ3) is 6.20. The maximum atomic E-state index is 9.60. The highest BCUT2D eigenvalue weighted by Crippen LogP contribution is 2.36. The molecule has 0 amide bonds. The second kappa shape index (κ2) is 8.05. The van der Waals surface area contributed by atoms with Crippen molar-refractivity contribution in [1.29, 1.82) is 0 Å². The predicted molar refractivity (Wildman–Crippen MR) is 82.7 cm³/mol. The molecule has 0 heterocycles. The van der Waals surface area contributed by atoms with E-state index in [1.165, 1.54) is 24.8 Å². The second-order valence-electron chi connectivity index (χ2n) is 6.23. The van der Waals surface area contributed by atoms with E-state index in [2.05, 4.69) is 34.3 Å². The number of nitrogens with one attached hydrogen (secondary N) is 1. The van der Waals surface area contributed by atoms with Gasteiger partial charge in [-0.2, -0.15) is 0 Å². The van der Waals surface area contributed by atoms with Gasteiger partial charge in [0.2, 0.25) is 0 Å². The summed E-state index contributed by atoms with van der Waals surface area (Å²) >= 11 is 0. The van der Waals surface area contributed by atoms with E-state index in [-0.39, 0.29) is 5.60 Å². The molecule has 20 heavy (non-hydrogen) atoms. The molecule has 0 atom stereocenters. The average molecular weight is 277 g/mol. The van der Waals surface area contributed by atoms with Crippen LogP contribution >= 0.6 is 0 Å². The highest BCUT2D eigenvalue weighted by atomic mass is 16.5. The molecule has 1 aliphatic carbocycles. The Kier molecular flexibility index (Phi) is 6.73.